The highest BCUT2D eigenvalue weighted by atomic mass is 19.1. The van der Waals surface area contributed by atoms with Crippen LogP contribution in [-0.4, -0.2) is 57.0 Å². The van der Waals surface area contributed by atoms with Gasteiger partial charge < -0.3 is 35.8 Å². The van der Waals surface area contributed by atoms with Crippen molar-refractivity contribution in [3.05, 3.63) is 95.9 Å². The van der Waals surface area contributed by atoms with Gasteiger partial charge in [-0.15, -0.1) is 0 Å². The number of aliphatic hydroxyl groups excluding tert-OH is 2. The lowest BCUT2D eigenvalue weighted by Gasteiger charge is -2.20. The number of rotatable bonds is 13. The van der Waals surface area contributed by atoms with Crippen LogP contribution in [0.4, 0.5) is 20.6 Å². The number of nitrogens with zero attached hydrogens (tertiary/aromatic N) is 1. The van der Waals surface area contributed by atoms with Crippen LogP contribution < -0.4 is 16.0 Å². The summed E-state index contributed by atoms with van der Waals surface area (Å²) in [6.07, 6.45) is -2.67. The third-order valence-corrected chi connectivity index (χ3v) is 7.53. The smallest absolute Gasteiger partial charge is 0.318 e. The number of hydrogen-bond acceptors (Lipinski definition) is 5. The predicted octanol–water partition coefficient (Wildman–Crippen LogP) is 6.06. The molecule has 11 heteroatoms. The second-order valence-electron chi connectivity index (χ2n) is 11.3. The fourth-order valence-corrected chi connectivity index (χ4v) is 5.51. The molecule has 4 aromatic rings. The second-order valence-corrected chi connectivity index (χ2v) is 11.3. The highest BCUT2D eigenvalue weighted by molar-refractivity contribution is 6.12. The molecule has 2 atom stereocenters. The molecule has 1 aromatic heterocycles. The van der Waals surface area contributed by atoms with Crippen molar-refractivity contribution in [3.8, 4) is 22.4 Å². The number of urea groups is 1. The lowest BCUT2D eigenvalue weighted by Crippen LogP contribution is -2.24. The number of carbonyl (C=O) groups is 3. The first kappa shape index (κ1) is 33.9. The highest BCUT2D eigenvalue weighted by Crippen LogP contribution is 2.42. The summed E-state index contributed by atoms with van der Waals surface area (Å²) >= 11 is 0. The minimum atomic E-state index is -1.21. The molecule has 3 amide bonds. The molecule has 10 nitrogen and oxygen atoms in total. The number of carbonyl (C=O) groups excluding carboxylic acids is 2. The number of anilines is 2. The molecule has 0 aliphatic heterocycles. The average Bonchev–Trinajstić information content (AvgIpc) is 3.37. The van der Waals surface area contributed by atoms with Gasteiger partial charge in [-0.3, -0.25) is 9.59 Å². The molecule has 6 N–H and O–H groups in total. The Labute approximate surface area is 266 Å². The maximum absolute atomic E-state index is 14.3. The van der Waals surface area contributed by atoms with E-state index in [0.717, 1.165) is 5.56 Å². The van der Waals surface area contributed by atoms with E-state index in [1.165, 1.54) is 19.2 Å². The number of amides is 3. The molecule has 0 radical (unpaired) electrons. The van der Waals surface area contributed by atoms with Gasteiger partial charge in [0.25, 0.3) is 5.91 Å². The summed E-state index contributed by atoms with van der Waals surface area (Å²) in [5.74, 6) is -2.13. The Hall–Kier alpha value is -5.00. The minimum Gasteiger partial charge on any atom is -0.481 e. The van der Waals surface area contributed by atoms with Gasteiger partial charge in [0, 0.05) is 36.2 Å². The van der Waals surface area contributed by atoms with Gasteiger partial charge in [0.1, 0.15) is 5.82 Å². The molecule has 0 unspecified atom stereocenters. The zero-order valence-corrected chi connectivity index (χ0v) is 26.0. The first-order valence-corrected chi connectivity index (χ1v) is 15.0. The molecule has 46 heavy (non-hydrogen) atoms. The SMILES string of the molecule is CNC(=O)Nc1ccc(NC(=O)c2c(-c3ccccc3)c(-c3ccc(F)cc3)n(CC[C@@H](O)C[C@@H](O)CC(=O)O)c2C(C)C)cc1. The van der Waals surface area contributed by atoms with E-state index >= 15 is 0 Å². The molecule has 0 spiro atoms. The van der Waals surface area contributed by atoms with Crippen LogP contribution >= 0.6 is 0 Å². The van der Waals surface area contributed by atoms with Gasteiger partial charge in [0.2, 0.25) is 0 Å². The zero-order valence-electron chi connectivity index (χ0n) is 26.0. The summed E-state index contributed by atoms with van der Waals surface area (Å²) in [7, 11) is 1.51. The van der Waals surface area contributed by atoms with E-state index in [1.54, 1.807) is 36.4 Å². The number of carboxylic acid groups (broad SMARTS) is 1. The first-order chi connectivity index (χ1) is 22.0. The minimum absolute atomic E-state index is 0.125. The van der Waals surface area contributed by atoms with Crippen LogP contribution in [0.1, 0.15) is 55.1 Å². The van der Waals surface area contributed by atoms with Gasteiger partial charge >= 0.3 is 12.0 Å². The Morgan fingerprint density at radius 2 is 1.43 bits per heavy atom. The number of aliphatic carboxylic acids is 1. The summed E-state index contributed by atoms with van der Waals surface area (Å²) in [5, 5.41) is 38.1. The summed E-state index contributed by atoms with van der Waals surface area (Å²) in [5.41, 5.74) is 4.85. The van der Waals surface area contributed by atoms with E-state index in [0.29, 0.717) is 39.5 Å². The average molecular weight is 631 g/mol. The Morgan fingerprint density at radius 1 is 0.826 bits per heavy atom. The Morgan fingerprint density at radius 3 is 2.00 bits per heavy atom. The zero-order chi connectivity index (χ0) is 33.4. The number of aliphatic hydroxyl groups is 2. The van der Waals surface area contributed by atoms with Crippen LogP contribution in [0, 0.1) is 5.82 Å². The molecule has 4 rings (SSSR count). The van der Waals surface area contributed by atoms with E-state index < -0.39 is 30.4 Å². The van der Waals surface area contributed by atoms with Crippen molar-refractivity contribution < 1.29 is 34.1 Å². The Balaban J connectivity index is 1.84. The largest absolute Gasteiger partial charge is 0.481 e. The van der Waals surface area contributed by atoms with Gasteiger partial charge in [-0.1, -0.05) is 44.2 Å². The van der Waals surface area contributed by atoms with Gasteiger partial charge in [-0.05, 0) is 78.4 Å². The molecule has 0 bridgehead atoms. The van der Waals surface area contributed by atoms with Crippen LogP contribution in [0.5, 0.6) is 0 Å². The number of nitrogens with one attached hydrogen (secondary N) is 3. The maximum atomic E-state index is 14.3. The van der Waals surface area contributed by atoms with Crippen molar-refractivity contribution in [2.45, 2.75) is 57.8 Å². The van der Waals surface area contributed by atoms with Crippen molar-refractivity contribution in [1.82, 2.24) is 9.88 Å². The van der Waals surface area contributed by atoms with Crippen LogP contribution in [0.25, 0.3) is 22.4 Å². The van der Waals surface area contributed by atoms with Crippen LogP contribution in [0.15, 0.2) is 78.9 Å². The number of hydrogen-bond donors (Lipinski definition) is 6. The molecule has 1 heterocycles. The second kappa shape index (κ2) is 15.3. The lowest BCUT2D eigenvalue weighted by molar-refractivity contribution is -0.139. The van der Waals surface area contributed by atoms with E-state index in [9.17, 15) is 29.0 Å². The van der Waals surface area contributed by atoms with E-state index in [4.69, 9.17) is 5.11 Å². The van der Waals surface area contributed by atoms with E-state index in [-0.39, 0.29) is 37.2 Å². The van der Waals surface area contributed by atoms with Crippen LogP contribution in [0.2, 0.25) is 0 Å². The van der Waals surface area contributed by atoms with Gasteiger partial charge in [0.15, 0.2) is 0 Å². The number of halogens is 1. The fraction of sp³-hybridized carbons (Fsp3) is 0.286. The monoisotopic (exact) mass is 630 g/mol. The molecule has 0 aliphatic rings. The van der Waals surface area contributed by atoms with Gasteiger partial charge in [0.05, 0.1) is 29.9 Å². The topological polar surface area (TPSA) is 153 Å². The Bertz CT molecular complexity index is 1650. The third-order valence-electron chi connectivity index (χ3n) is 7.53. The fourth-order valence-electron chi connectivity index (χ4n) is 5.51. The van der Waals surface area contributed by atoms with Gasteiger partial charge in [-0.2, -0.15) is 0 Å². The number of benzene rings is 3. The highest BCUT2D eigenvalue weighted by Gasteiger charge is 2.31. The normalized spacial score (nSPS) is 12.4. The molecule has 0 saturated heterocycles. The molecule has 0 fully saturated rings. The van der Waals surface area contributed by atoms with Gasteiger partial charge in [-0.25, -0.2) is 9.18 Å². The number of carboxylic acids is 1. The molecule has 242 valence electrons. The number of aromatic nitrogens is 1. The van der Waals surface area contributed by atoms with Crippen molar-refractivity contribution in [3.63, 3.8) is 0 Å². The lowest BCUT2D eigenvalue weighted by atomic mass is 9.94. The van der Waals surface area contributed by atoms with E-state index in [2.05, 4.69) is 16.0 Å². The maximum Gasteiger partial charge on any atom is 0.318 e. The van der Waals surface area contributed by atoms with Crippen molar-refractivity contribution in [1.29, 1.82) is 0 Å². The molecular weight excluding hydrogens is 591 g/mol. The molecular formula is C35H39FN4O6. The van der Waals surface area contributed by atoms with Crippen LogP contribution in [-0.2, 0) is 11.3 Å². The predicted molar refractivity (Wildman–Crippen MR) is 175 cm³/mol. The van der Waals surface area contributed by atoms with Crippen molar-refractivity contribution in [2.75, 3.05) is 17.7 Å². The standard InChI is InChI=1S/C35H39FN4O6/c1-21(2)32-31(34(45)38-25-13-15-26(16-14-25)39-35(46)37-3)30(22-7-5-4-6-8-22)33(23-9-11-24(36)12-10-23)40(32)18-17-27(41)19-28(42)20-29(43)44/h4-16,21,27-28,41-42H,17-20H2,1-3H3,(H,38,45)(H,43,44)(H2,37,39,46)/t27-,28-/m1/s1. The molecule has 0 aliphatic carbocycles. The summed E-state index contributed by atoms with van der Waals surface area (Å²) < 4.78 is 16.1. The summed E-state index contributed by atoms with van der Waals surface area (Å²) in [6.45, 7) is 4.14. The summed E-state index contributed by atoms with van der Waals surface area (Å²) in [6, 6.07) is 21.7. The van der Waals surface area contributed by atoms with Crippen molar-refractivity contribution in [2.24, 2.45) is 0 Å². The third kappa shape index (κ3) is 8.38. The summed E-state index contributed by atoms with van der Waals surface area (Å²) in [4.78, 5) is 37.0. The van der Waals surface area contributed by atoms with Crippen molar-refractivity contribution >= 4 is 29.3 Å². The van der Waals surface area contributed by atoms with E-state index in [1.807, 2.05) is 48.7 Å². The van der Waals surface area contributed by atoms with Crippen LogP contribution in [0.3, 0.4) is 0 Å². The molecule has 3 aromatic carbocycles. The molecule has 0 saturated carbocycles. The Kier molecular flexibility index (Phi) is 11.3. The quantitative estimate of drug-likeness (QED) is 0.106. The first-order valence-electron chi connectivity index (χ1n) is 15.0.